The molecule has 130 valence electrons. The summed E-state index contributed by atoms with van der Waals surface area (Å²) in [5, 5.41) is 4.34. The van der Waals surface area contributed by atoms with Crippen LogP contribution in [0.5, 0.6) is 0 Å². The molecule has 1 aromatic heterocycles. The zero-order valence-electron chi connectivity index (χ0n) is 14.2. The summed E-state index contributed by atoms with van der Waals surface area (Å²) in [4.78, 5) is 0. The number of benzene rings is 1. The molecule has 0 aliphatic rings. The van der Waals surface area contributed by atoms with E-state index in [2.05, 4.69) is 25.4 Å². The molecule has 0 aliphatic carbocycles. The SMILES string of the molecule is CC(CCc1c(Br)cnn1-c1ccc(F)cc1)=N[S@](=O)C(C)(C)C. The van der Waals surface area contributed by atoms with Gasteiger partial charge in [-0.15, -0.1) is 0 Å². The smallest absolute Gasteiger partial charge is 0.144 e. The number of halogens is 2. The van der Waals surface area contributed by atoms with E-state index in [9.17, 15) is 8.60 Å². The lowest BCUT2D eigenvalue weighted by molar-refractivity contribution is 0.626. The highest BCUT2D eigenvalue weighted by Crippen LogP contribution is 2.22. The summed E-state index contributed by atoms with van der Waals surface area (Å²) in [5.74, 6) is -0.279. The highest BCUT2D eigenvalue weighted by atomic mass is 79.9. The van der Waals surface area contributed by atoms with Crippen LogP contribution in [0.25, 0.3) is 5.69 Å². The lowest BCUT2D eigenvalue weighted by Gasteiger charge is -2.14. The van der Waals surface area contributed by atoms with Crippen LogP contribution in [0.15, 0.2) is 39.3 Å². The Morgan fingerprint density at radius 3 is 2.54 bits per heavy atom. The second-order valence-electron chi connectivity index (χ2n) is 6.52. The lowest BCUT2D eigenvalue weighted by atomic mass is 10.2. The summed E-state index contributed by atoms with van der Waals surface area (Å²) in [5.41, 5.74) is 2.60. The molecule has 0 amide bonds. The van der Waals surface area contributed by atoms with Crippen LogP contribution in [-0.2, 0) is 17.4 Å². The van der Waals surface area contributed by atoms with Crippen LogP contribution in [0.2, 0.25) is 0 Å². The van der Waals surface area contributed by atoms with Crippen LogP contribution in [-0.4, -0.2) is 24.4 Å². The summed E-state index contributed by atoms with van der Waals surface area (Å²) >= 11 is 3.50. The van der Waals surface area contributed by atoms with E-state index in [-0.39, 0.29) is 10.6 Å². The van der Waals surface area contributed by atoms with Crippen molar-refractivity contribution >= 4 is 32.6 Å². The van der Waals surface area contributed by atoms with Gasteiger partial charge in [-0.2, -0.15) is 9.50 Å². The molecule has 0 aliphatic heterocycles. The fraction of sp³-hybridized carbons (Fsp3) is 0.412. The quantitative estimate of drug-likeness (QED) is 0.670. The first-order valence-electron chi connectivity index (χ1n) is 7.63. The van der Waals surface area contributed by atoms with Gasteiger partial charge in [0.15, 0.2) is 0 Å². The Morgan fingerprint density at radius 1 is 1.33 bits per heavy atom. The van der Waals surface area contributed by atoms with Gasteiger partial charge in [0.2, 0.25) is 0 Å². The Bertz CT molecular complexity index is 763. The van der Waals surface area contributed by atoms with Crippen molar-refractivity contribution in [2.75, 3.05) is 0 Å². The molecule has 0 radical (unpaired) electrons. The maximum atomic E-state index is 13.1. The Morgan fingerprint density at radius 2 is 1.96 bits per heavy atom. The highest BCUT2D eigenvalue weighted by Gasteiger charge is 2.19. The van der Waals surface area contributed by atoms with Gasteiger partial charge >= 0.3 is 0 Å². The predicted octanol–water partition coefficient (Wildman–Crippen LogP) is 4.63. The summed E-state index contributed by atoms with van der Waals surface area (Å²) in [6.07, 6.45) is 3.08. The molecular formula is C17H21BrFN3OS. The zero-order valence-corrected chi connectivity index (χ0v) is 16.6. The zero-order chi connectivity index (χ0) is 17.9. The van der Waals surface area contributed by atoms with E-state index < -0.39 is 11.0 Å². The van der Waals surface area contributed by atoms with Crippen LogP contribution in [0.1, 0.15) is 39.8 Å². The number of hydrogen-bond donors (Lipinski definition) is 0. The van der Waals surface area contributed by atoms with Gasteiger partial charge < -0.3 is 0 Å². The Balaban J connectivity index is 2.16. The molecule has 0 saturated heterocycles. The topological polar surface area (TPSA) is 47.2 Å². The highest BCUT2D eigenvalue weighted by molar-refractivity contribution is 9.10. The molecule has 0 fully saturated rings. The lowest BCUT2D eigenvalue weighted by Crippen LogP contribution is -2.20. The number of hydrogen-bond acceptors (Lipinski definition) is 2. The standard InChI is InChI=1S/C17H21BrFN3OS/c1-12(21-24(23)17(2,3)4)5-10-16-15(18)11-20-22(16)14-8-6-13(19)7-9-14/h6-9,11H,5,10H2,1-4H3/t24-/m1/s1. The fourth-order valence-corrected chi connectivity index (χ4v) is 3.11. The number of nitrogens with zero attached hydrogens (tertiary/aromatic N) is 3. The third-order valence-corrected chi connectivity index (χ3v) is 5.56. The van der Waals surface area contributed by atoms with Gasteiger partial charge in [-0.1, -0.05) is 0 Å². The van der Waals surface area contributed by atoms with Gasteiger partial charge in [-0.05, 0) is 80.7 Å². The number of aromatic nitrogens is 2. The average molecular weight is 414 g/mol. The molecule has 1 aromatic carbocycles. The second kappa shape index (κ2) is 7.70. The van der Waals surface area contributed by atoms with E-state index in [4.69, 9.17) is 0 Å². The molecule has 4 nitrogen and oxygen atoms in total. The fourth-order valence-electron chi connectivity index (χ4n) is 2.01. The van der Waals surface area contributed by atoms with E-state index in [1.54, 1.807) is 23.0 Å². The van der Waals surface area contributed by atoms with E-state index in [0.29, 0.717) is 12.8 Å². The Hall–Kier alpha value is -1.34. The molecule has 0 unspecified atom stereocenters. The molecule has 7 heteroatoms. The third-order valence-electron chi connectivity index (χ3n) is 3.38. The largest absolute Gasteiger partial charge is 0.237 e. The summed E-state index contributed by atoms with van der Waals surface area (Å²) < 4.78 is 31.8. The minimum atomic E-state index is -1.25. The third kappa shape index (κ3) is 4.83. The van der Waals surface area contributed by atoms with Crippen molar-refractivity contribution in [3.05, 3.63) is 46.4 Å². The first-order chi connectivity index (χ1) is 11.2. The van der Waals surface area contributed by atoms with Gasteiger partial charge in [0, 0.05) is 5.71 Å². The van der Waals surface area contributed by atoms with E-state index in [1.165, 1.54) is 12.1 Å². The van der Waals surface area contributed by atoms with Crippen LogP contribution < -0.4 is 0 Å². The molecule has 2 rings (SSSR count). The van der Waals surface area contributed by atoms with Crippen LogP contribution >= 0.6 is 15.9 Å². The Labute approximate surface area is 152 Å². The summed E-state index contributed by atoms with van der Waals surface area (Å²) in [6.45, 7) is 7.59. The first kappa shape index (κ1) is 19.0. The van der Waals surface area contributed by atoms with Crippen LogP contribution in [0.3, 0.4) is 0 Å². The predicted molar refractivity (Wildman–Crippen MR) is 101 cm³/mol. The molecule has 2 aromatic rings. The van der Waals surface area contributed by atoms with Gasteiger partial charge in [-0.25, -0.2) is 13.3 Å². The minimum Gasteiger partial charge on any atom is -0.237 e. The first-order valence-corrected chi connectivity index (χ1v) is 9.53. The number of rotatable bonds is 5. The van der Waals surface area contributed by atoms with Gasteiger partial charge in [0.05, 0.1) is 26.8 Å². The van der Waals surface area contributed by atoms with Crippen LogP contribution in [0, 0.1) is 5.82 Å². The van der Waals surface area contributed by atoms with Gasteiger partial charge in [0.1, 0.15) is 16.8 Å². The molecule has 0 spiro atoms. The van der Waals surface area contributed by atoms with Crippen molar-refractivity contribution < 1.29 is 8.60 Å². The monoisotopic (exact) mass is 413 g/mol. The van der Waals surface area contributed by atoms with Crippen molar-refractivity contribution in [2.24, 2.45) is 4.40 Å². The van der Waals surface area contributed by atoms with Crippen molar-refractivity contribution in [1.82, 2.24) is 9.78 Å². The maximum Gasteiger partial charge on any atom is 0.144 e. The van der Waals surface area contributed by atoms with Gasteiger partial charge in [-0.3, -0.25) is 0 Å². The Kier molecular flexibility index (Phi) is 6.09. The summed E-state index contributed by atoms with van der Waals surface area (Å²) in [6, 6.07) is 6.20. The molecule has 24 heavy (non-hydrogen) atoms. The normalized spacial score (nSPS) is 14.0. The second-order valence-corrected chi connectivity index (χ2v) is 9.28. The molecule has 0 N–H and O–H groups in total. The van der Waals surface area contributed by atoms with Crippen molar-refractivity contribution in [2.45, 2.75) is 45.3 Å². The van der Waals surface area contributed by atoms with Crippen LogP contribution in [0.4, 0.5) is 4.39 Å². The van der Waals surface area contributed by atoms with E-state index in [0.717, 1.165) is 21.6 Å². The molecule has 0 bridgehead atoms. The summed E-state index contributed by atoms with van der Waals surface area (Å²) in [7, 11) is -1.25. The molecule has 1 atom stereocenters. The average Bonchev–Trinajstić information content (AvgIpc) is 2.86. The minimum absolute atomic E-state index is 0.279. The molecule has 0 saturated carbocycles. The maximum absolute atomic E-state index is 13.1. The van der Waals surface area contributed by atoms with Gasteiger partial charge in [0.25, 0.3) is 0 Å². The molecular weight excluding hydrogens is 393 g/mol. The van der Waals surface area contributed by atoms with Crippen molar-refractivity contribution in [3.63, 3.8) is 0 Å². The molecule has 1 heterocycles. The van der Waals surface area contributed by atoms with E-state index in [1.807, 2.05) is 27.7 Å². The van der Waals surface area contributed by atoms with E-state index >= 15 is 0 Å². The van der Waals surface area contributed by atoms with Crippen molar-refractivity contribution in [1.29, 1.82) is 0 Å². The van der Waals surface area contributed by atoms with Crippen molar-refractivity contribution in [3.8, 4) is 5.69 Å².